The highest BCUT2D eigenvalue weighted by Gasteiger charge is 2.20. The molecule has 0 amide bonds. The van der Waals surface area contributed by atoms with Gasteiger partial charge >= 0.3 is 0 Å². The van der Waals surface area contributed by atoms with Crippen molar-refractivity contribution in [2.75, 3.05) is 10.6 Å². The number of sulfonamides is 1. The first-order valence-electron chi connectivity index (χ1n) is 6.57. The summed E-state index contributed by atoms with van der Waals surface area (Å²) in [7, 11) is -3.37. The fourth-order valence-corrected chi connectivity index (χ4v) is 3.21. The van der Waals surface area contributed by atoms with Crippen LogP contribution in [0.25, 0.3) is 0 Å². The van der Waals surface area contributed by atoms with Gasteiger partial charge in [-0.3, -0.25) is 4.31 Å². The van der Waals surface area contributed by atoms with Gasteiger partial charge in [0.2, 0.25) is 10.0 Å². The normalized spacial score (nSPS) is 11.4. The van der Waals surface area contributed by atoms with Crippen molar-refractivity contribution in [2.45, 2.75) is 20.4 Å². The van der Waals surface area contributed by atoms with Crippen molar-refractivity contribution in [3.8, 4) is 0 Å². The number of nitrogens with zero attached hydrogens (tertiary/aromatic N) is 1. The SMILES string of the molecule is Cc1cccc(N(Cc2ccc(Cl)cc2)S(C)(=O)=O)c1C. The molecule has 0 radical (unpaired) electrons. The smallest absolute Gasteiger partial charge is 0.232 e. The van der Waals surface area contributed by atoms with Gasteiger partial charge in [0, 0.05) is 5.02 Å². The van der Waals surface area contributed by atoms with E-state index in [4.69, 9.17) is 11.6 Å². The molecule has 0 fully saturated rings. The molecule has 0 spiro atoms. The number of benzene rings is 2. The van der Waals surface area contributed by atoms with E-state index in [1.54, 1.807) is 12.1 Å². The molecule has 0 aliphatic carbocycles. The third-order valence-corrected chi connectivity index (χ3v) is 4.86. The van der Waals surface area contributed by atoms with E-state index < -0.39 is 10.0 Å². The van der Waals surface area contributed by atoms with Crippen molar-refractivity contribution in [1.82, 2.24) is 0 Å². The summed E-state index contributed by atoms with van der Waals surface area (Å²) >= 11 is 5.87. The van der Waals surface area contributed by atoms with Crippen molar-refractivity contribution < 1.29 is 8.42 Å². The maximum absolute atomic E-state index is 12.2. The summed E-state index contributed by atoms with van der Waals surface area (Å²) < 4.78 is 25.8. The Balaban J connectivity index is 2.45. The lowest BCUT2D eigenvalue weighted by Crippen LogP contribution is -2.30. The van der Waals surface area contributed by atoms with Gasteiger partial charge in [0.1, 0.15) is 0 Å². The largest absolute Gasteiger partial charge is 0.266 e. The molecule has 21 heavy (non-hydrogen) atoms. The molecule has 0 N–H and O–H groups in total. The van der Waals surface area contributed by atoms with Crippen LogP contribution in [0.15, 0.2) is 42.5 Å². The van der Waals surface area contributed by atoms with Crippen LogP contribution < -0.4 is 4.31 Å². The average Bonchev–Trinajstić information content (AvgIpc) is 2.40. The van der Waals surface area contributed by atoms with Crippen molar-refractivity contribution in [3.63, 3.8) is 0 Å². The molecule has 0 atom stereocenters. The summed E-state index contributed by atoms with van der Waals surface area (Å²) in [5.74, 6) is 0. The Morgan fingerprint density at radius 1 is 1.05 bits per heavy atom. The minimum atomic E-state index is -3.37. The predicted octanol–water partition coefficient (Wildman–Crippen LogP) is 3.92. The minimum Gasteiger partial charge on any atom is -0.266 e. The number of hydrogen-bond acceptors (Lipinski definition) is 2. The summed E-state index contributed by atoms with van der Waals surface area (Å²) in [5.41, 5.74) is 3.65. The average molecular weight is 324 g/mol. The van der Waals surface area contributed by atoms with Crippen LogP contribution in [0, 0.1) is 13.8 Å². The summed E-state index contributed by atoms with van der Waals surface area (Å²) in [4.78, 5) is 0. The zero-order valence-electron chi connectivity index (χ0n) is 12.3. The van der Waals surface area contributed by atoms with Gasteiger partial charge in [0.15, 0.2) is 0 Å². The third kappa shape index (κ3) is 3.77. The van der Waals surface area contributed by atoms with Crippen LogP contribution in [-0.4, -0.2) is 14.7 Å². The number of halogens is 1. The molecule has 0 heterocycles. The standard InChI is InChI=1S/C16H18ClNO2S/c1-12-5-4-6-16(13(12)2)18(21(3,19)20)11-14-7-9-15(17)10-8-14/h4-10H,11H2,1-3H3. The Bertz CT molecular complexity index is 739. The van der Waals surface area contributed by atoms with E-state index in [2.05, 4.69) is 0 Å². The number of hydrogen-bond donors (Lipinski definition) is 0. The van der Waals surface area contributed by atoms with E-state index in [1.165, 1.54) is 10.6 Å². The van der Waals surface area contributed by atoms with Crippen LogP contribution in [0.4, 0.5) is 5.69 Å². The molecular formula is C16H18ClNO2S. The molecule has 112 valence electrons. The maximum Gasteiger partial charge on any atom is 0.232 e. The first kappa shape index (κ1) is 15.9. The highest BCUT2D eigenvalue weighted by molar-refractivity contribution is 7.92. The van der Waals surface area contributed by atoms with E-state index in [9.17, 15) is 8.42 Å². The van der Waals surface area contributed by atoms with Crippen LogP contribution in [0.5, 0.6) is 0 Å². The Morgan fingerprint density at radius 3 is 2.24 bits per heavy atom. The Kier molecular flexibility index (Phi) is 4.59. The molecular weight excluding hydrogens is 306 g/mol. The molecule has 5 heteroatoms. The third-order valence-electron chi connectivity index (χ3n) is 3.48. The van der Waals surface area contributed by atoms with Gasteiger partial charge in [-0.1, -0.05) is 35.9 Å². The molecule has 0 aliphatic heterocycles. The lowest BCUT2D eigenvalue weighted by atomic mass is 10.1. The van der Waals surface area contributed by atoms with E-state index in [0.717, 1.165) is 16.7 Å². The van der Waals surface area contributed by atoms with E-state index in [-0.39, 0.29) is 0 Å². The first-order chi connectivity index (χ1) is 9.79. The zero-order chi connectivity index (χ0) is 15.6. The molecule has 0 aliphatic rings. The minimum absolute atomic E-state index is 0.292. The quantitative estimate of drug-likeness (QED) is 0.855. The highest BCUT2D eigenvalue weighted by Crippen LogP contribution is 2.27. The van der Waals surface area contributed by atoms with Crippen LogP contribution in [-0.2, 0) is 16.6 Å². The van der Waals surface area contributed by atoms with Gasteiger partial charge in [-0.2, -0.15) is 0 Å². The van der Waals surface area contributed by atoms with Gasteiger partial charge in [0.05, 0.1) is 18.5 Å². The van der Waals surface area contributed by atoms with Crippen molar-refractivity contribution >= 4 is 27.3 Å². The predicted molar refractivity (Wildman–Crippen MR) is 88.4 cm³/mol. The number of aryl methyl sites for hydroxylation is 1. The molecule has 0 unspecified atom stereocenters. The topological polar surface area (TPSA) is 37.4 Å². The van der Waals surface area contributed by atoms with Gasteiger partial charge in [-0.05, 0) is 48.7 Å². The van der Waals surface area contributed by atoms with Gasteiger partial charge in [-0.25, -0.2) is 8.42 Å². The van der Waals surface area contributed by atoms with Crippen LogP contribution >= 0.6 is 11.6 Å². The zero-order valence-corrected chi connectivity index (χ0v) is 13.9. The molecule has 0 aromatic heterocycles. The first-order valence-corrected chi connectivity index (χ1v) is 8.80. The molecule has 2 rings (SSSR count). The van der Waals surface area contributed by atoms with Crippen LogP contribution in [0.2, 0.25) is 5.02 Å². The lowest BCUT2D eigenvalue weighted by Gasteiger charge is -2.25. The van der Waals surface area contributed by atoms with Gasteiger partial charge in [0.25, 0.3) is 0 Å². The molecule has 0 bridgehead atoms. The Hall–Kier alpha value is -1.52. The monoisotopic (exact) mass is 323 g/mol. The second kappa shape index (κ2) is 6.08. The lowest BCUT2D eigenvalue weighted by molar-refractivity contribution is 0.596. The van der Waals surface area contributed by atoms with E-state index >= 15 is 0 Å². The van der Waals surface area contributed by atoms with Crippen molar-refractivity contribution in [1.29, 1.82) is 0 Å². The Morgan fingerprint density at radius 2 is 1.67 bits per heavy atom. The highest BCUT2D eigenvalue weighted by atomic mass is 35.5. The van der Waals surface area contributed by atoms with Crippen LogP contribution in [0.1, 0.15) is 16.7 Å². The summed E-state index contributed by atoms with van der Waals surface area (Å²) in [6.45, 7) is 4.20. The van der Waals surface area contributed by atoms with E-state index in [0.29, 0.717) is 17.3 Å². The second-order valence-electron chi connectivity index (χ2n) is 5.12. The van der Waals surface area contributed by atoms with Crippen LogP contribution in [0.3, 0.4) is 0 Å². The molecule has 0 saturated heterocycles. The van der Waals surface area contributed by atoms with Crippen molar-refractivity contribution in [3.05, 3.63) is 64.2 Å². The molecule has 2 aromatic rings. The Labute approximate surface area is 131 Å². The number of rotatable bonds is 4. The summed E-state index contributed by atoms with van der Waals surface area (Å²) in [6.07, 6.45) is 1.23. The maximum atomic E-state index is 12.2. The van der Waals surface area contributed by atoms with Crippen molar-refractivity contribution in [2.24, 2.45) is 0 Å². The molecule has 3 nitrogen and oxygen atoms in total. The second-order valence-corrected chi connectivity index (χ2v) is 7.46. The number of anilines is 1. The van der Waals surface area contributed by atoms with Gasteiger partial charge in [-0.15, -0.1) is 0 Å². The molecule has 2 aromatic carbocycles. The fourth-order valence-electron chi connectivity index (χ4n) is 2.14. The van der Waals surface area contributed by atoms with Gasteiger partial charge < -0.3 is 0 Å². The molecule has 0 saturated carbocycles. The summed E-state index contributed by atoms with van der Waals surface area (Å²) in [6, 6.07) is 12.9. The van der Waals surface area contributed by atoms with E-state index in [1.807, 2.05) is 44.2 Å². The summed E-state index contributed by atoms with van der Waals surface area (Å²) in [5, 5.41) is 0.636. The fraction of sp³-hybridized carbons (Fsp3) is 0.250.